The average Bonchev–Trinajstić information content (AvgIpc) is 2.74. The van der Waals surface area contributed by atoms with Crippen LogP contribution >= 0.6 is 0 Å². The summed E-state index contributed by atoms with van der Waals surface area (Å²) in [6.07, 6.45) is 11.1. The van der Waals surface area contributed by atoms with Gasteiger partial charge >= 0.3 is 0 Å². The largest absolute Gasteiger partial charge is 0.493 e. The molecule has 1 aromatic carbocycles. The number of nitrogens with zero attached hydrogens (tertiary/aromatic N) is 1. The molecule has 1 aliphatic heterocycles. The zero-order chi connectivity index (χ0) is 14.1. The van der Waals surface area contributed by atoms with Gasteiger partial charge in [-0.05, 0) is 36.5 Å². The third-order valence-electron chi connectivity index (χ3n) is 4.95. The summed E-state index contributed by atoms with van der Waals surface area (Å²) in [6, 6.07) is 6.77. The molecular formula is C18H22N2O. The lowest BCUT2D eigenvalue weighted by Crippen LogP contribution is -2.00. The van der Waals surface area contributed by atoms with Crippen LogP contribution in [0.4, 0.5) is 0 Å². The lowest BCUT2D eigenvalue weighted by atomic mass is 9.90. The maximum absolute atomic E-state index is 5.91. The molecule has 1 saturated carbocycles. The van der Waals surface area contributed by atoms with Gasteiger partial charge in [0.2, 0.25) is 0 Å². The highest BCUT2D eigenvalue weighted by atomic mass is 16.5. The van der Waals surface area contributed by atoms with Crippen LogP contribution in [0.1, 0.15) is 55.6 Å². The third-order valence-corrected chi connectivity index (χ3v) is 4.95. The first-order chi connectivity index (χ1) is 10.4. The average molecular weight is 282 g/mol. The van der Waals surface area contributed by atoms with Crippen molar-refractivity contribution in [1.82, 2.24) is 10.2 Å². The molecule has 2 heterocycles. The molecule has 1 N–H and O–H groups in total. The van der Waals surface area contributed by atoms with E-state index in [1.54, 1.807) is 0 Å². The predicted octanol–water partition coefficient (Wildman–Crippen LogP) is 4.45. The second kappa shape index (κ2) is 5.55. The first-order valence-electron chi connectivity index (χ1n) is 8.21. The Bertz CT molecular complexity index is 624. The van der Waals surface area contributed by atoms with Crippen molar-refractivity contribution in [2.24, 2.45) is 0 Å². The minimum absolute atomic E-state index is 0.715. The molecule has 2 aliphatic rings. The molecule has 0 bridgehead atoms. The summed E-state index contributed by atoms with van der Waals surface area (Å²) >= 11 is 0. The number of aromatic nitrogens is 2. The molecule has 1 aliphatic carbocycles. The monoisotopic (exact) mass is 282 g/mol. The van der Waals surface area contributed by atoms with Gasteiger partial charge in [-0.15, -0.1) is 0 Å². The maximum atomic E-state index is 5.91. The Morgan fingerprint density at radius 1 is 1.10 bits per heavy atom. The van der Waals surface area contributed by atoms with E-state index in [1.165, 1.54) is 55.2 Å². The fourth-order valence-corrected chi connectivity index (χ4v) is 3.74. The number of benzene rings is 1. The van der Waals surface area contributed by atoms with E-state index in [4.69, 9.17) is 4.74 Å². The quantitative estimate of drug-likeness (QED) is 0.785. The Balaban J connectivity index is 1.74. The fraction of sp³-hybridized carbons (Fsp3) is 0.500. The number of ether oxygens (including phenoxy) is 1. The Morgan fingerprint density at radius 3 is 2.81 bits per heavy atom. The van der Waals surface area contributed by atoms with Crippen LogP contribution < -0.4 is 4.74 Å². The van der Waals surface area contributed by atoms with Crippen molar-refractivity contribution in [2.75, 3.05) is 6.61 Å². The first-order valence-corrected chi connectivity index (χ1v) is 8.21. The number of nitrogens with one attached hydrogen (secondary N) is 1. The van der Waals surface area contributed by atoms with Gasteiger partial charge in [0.1, 0.15) is 5.75 Å². The van der Waals surface area contributed by atoms with Crippen molar-refractivity contribution in [3.8, 4) is 17.0 Å². The SMILES string of the molecule is c1cc2c(cc1C1CCCCCC1)-c1[nH]ncc1CCO2. The van der Waals surface area contributed by atoms with Crippen molar-refractivity contribution in [3.05, 3.63) is 35.5 Å². The Morgan fingerprint density at radius 2 is 1.95 bits per heavy atom. The lowest BCUT2D eigenvalue weighted by molar-refractivity contribution is 0.326. The summed E-state index contributed by atoms with van der Waals surface area (Å²) in [4.78, 5) is 0. The second-order valence-electron chi connectivity index (χ2n) is 6.31. The first kappa shape index (κ1) is 12.9. The van der Waals surface area contributed by atoms with Crippen LogP contribution in [-0.4, -0.2) is 16.8 Å². The minimum atomic E-state index is 0.715. The number of hydrogen-bond donors (Lipinski definition) is 1. The molecule has 4 rings (SSSR count). The number of aromatic amines is 1. The van der Waals surface area contributed by atoms with Crippen molar-refractivity contribution in [1.29, 1.82) is 0 Å². The van der Waals surface area contributed by atoms with E-state index in [2.05, 4.69) is 28.4 Å². The molecule has 2 aromatic rings. The molecule has 0 radical (unpaired) electrons. The number of hydrogen-bond acceptors (Lipinski definition) is 2. The highest BCUT2D eigenvalue weighted by molar-refractivity contribution is 5.71. The van der Waals surface area contributed by atoms with E-state index < -0.39 is 0 Å². The topological polar surface area (TPSA) is 37.9 Å². The summed E-state index contributed by atoms with van der Waals surface area (Å²) < 4.78 is 5.91. The predicted molar refractivity (Wildman–Crippen MR) is 83.7 cm³/mol. The smallest absolute Gasteiger partial charge is 0.128 e. The molecule has 0 amide bonds. The second-order valence-corrected chi connectivity index (χ2v) is 6.31. The maximum Gasteiger partial charge on any atom is 0.128 e. The molecule has 21 heavy (non-hydrogen) atoms. The van der Waals surface area contributed by atoms with Crippen LogP contribution in [-0.2, 0) is 6.42 Å². The zero-order valence-corrected chi connectivity index (χ0v) is 12.4. The van der Waals surface area contributed by atoms with Gasteiger partial charge in [0.05, 0.1) is 18.5 Å². The molecule has 0 spiro atoms. The van der Waals surface area contributed by atoms with Crippen LogP contribution in [0.5, 0.6) is 5.75 Å². The van der Waals surface area contributed by atoms with Gasteiger partial charge in [-0.25, -0.2) is 0 Å². The third kappa shape index (κ3) is 2.45. The molecule has 110 valence electrons. The molecule has 3 heteroatoms. The van der Waals surface area contributed by atoms with E-state index in [1.807, 2.05) is 6.20 Å². The van der Waals surface area contributed by atoms with Crippen LogP contribution in [0.15, 0.2) is 24.4 Å². The number of H-pyrrole nitrogens is 1. The number of rotatable bonds is 1. The molecule has 0 unspecified atom stereocenters. The zero-order valence-electron chi connectivity index (χ0n) is 12.4. The summed E-state index contributed by atoms with van der Waals surface area (Å²) in [5, 5.41) is 7.39. The van der Waals surface area contributed by atoms with Gasteiger partial charge in [0.25, 0.3) is 0 Å². The molecule has 3 nitrogen and oxygen atoms in total. The highest BCUT2D eigenvalue weighted by Gasteiger charge is 2.20. The molecular weight excluding hydrogens is 260 g/mol. The summed E-state index contributed by atoms with van der Waals surface area (Å²) in [5.74, 6) is 1.71. The molecule has 0 atom stereocenters. The van der Waals surface area contributed by atoms with Crippen molar-refractivity contribution in [3.63, 3.8) is 0 Å². The van der Waals surface area contributed by atoms with E-state index in [9.17, 15) is 0 Å². The fourth-order valence-electron chi connectivity index (χ4n) is 3.74. The van der Waals surface area contributed by atoms with Crippen molar-refractivity contribution >= 4 is 0 Å². The molecule has 0 saturated heterocycles. The summed E-state index contributed by atoms with van der Waals surface area (Å²) in [7, 11) is 0. The van der Waals surface area contributed by atoms with Crippen LogP contribution in [0.2, 0.25) is 0 Å². The van der Waals surface area contributed by atoms with Crippen molar-refractivity contribution in [2.45, 2.75) is 50.9 Å². The van der Waals surface area contributed by atoms with Gasteiger partial charge in [-0.2, -0.15) is 5.10 Å². The van der Waals surface area contributed by atoms with E-state index in [0.29, 0.717) is 5.92 Å². The van der Waals surface area contributed by atoms with Crippen LogP contribution in [0, 0.1) is 0 Å². The number of fused-ring (bicyclic) bond motifs is 3. The van der Waals surface area contributed by atoms with Crippen LogP contribution in [0.25, 0.3) is 11.3 Å². The van der Waals surface area contributed by atoms with E-state index in [-0.39, 0.29) is 0 Å². The molecule has 1 fully saturated rings. The van der Waals surface area contributed by atoms with E-state index in [0.717, 1.165) is 24.5 Å². The Kier molecular flexibility index (Phi) is 3.42. The molecule has 1 aromatic heterocycles. The normalized spacial score (nSPS) is 19.0. The summed E-state index contributed by atoms with van der Waals surface area (Å²) in [5.41, 5.74) is 5.09. The van der Waals surface area contributed by atoms with Gasteiger partial charge in [-0.3, -0.25) is 5.10 Å². The van der Waals surface area contributed by atoms with E-state index >= 15 is 0 Å². The van der Waals surface area contributed by atoms with Crippen molar-refractivity contribution < 1.29 is 4.74 Å². The summed E-state index contributed by atoms with van der Waals surface area (Å²) in [6.45, 7) is 0.738. The van der Waals surface area contributed by atoms with Gasteiger partial charge in [0.15, 0.2) is 0 Å². The van der Waals surface area contributed by atoms with Gasteiger partial charge in [-0.1, -0.05) is 31.7 Å². The van der Waals surface area contributed by atoms with Gasteiger partial charge in [0, 0.05) is 17.5 Å². The minimum Gasteiger partial charge on any atom is -0.493 e. The Labute approximate surface area is 125 Å². The highest BCUT2D eigenvalue weighted by Crippen LogP contribution is 2.39. The van der Waals surface area contributed by atoms with Gasteiger partial charge < -0.3 is 4.74 Å². The standard InChI is InChI=1S/C18H22N2O/c1-2-4-6-13(5-3-1)14-7-8-17-16(11-14)18-15(9-10-21-17)12-19-20-18/h7-8,11-13H,1-6,9-10H2,(H,19,20). The lowest BCUT2D eigenvalue weighted by Gasteiger charge is -2.17. The Hall–Kier alpha value is -1.77. The van der Waals surface area contributed by atoms with Crippen LogP contribution in [0.3, 0.4) is 0 Å².